The number of nitrogens with zero attached hydrogens (tertiary/aromatic N) is 4. The van der Waals surface area contributed by atoms with Crippen LogP contribution in [0.5, 0.6) is 0 Å². The molecular weight excluding hydrogens is 240 g/mol. The third-order valence-electron chi connectivity index (χ3n) is 2.87. The Morgan fingerprint density at radius 3 is 2.74 bits per heavy atom. The van der Waals surface area contributed by atoms with E-state index in [1.165, 1.54) is 32.1 Å². The van der Waals surface area contributed by atoms with Gasteiger partial charge in [0.2, 0.25) is 0 Å². The fraction of sp³-hybridized carbons (Fsp3) is 0.769. The Labute approximate surface area is 115 Å². The monoisotopic (exact) mass is 266 g/mol. The van der Waals surface area contributed by atoms with Gasteiger partial charge in [0.25, 0.3) is 0 Å². The summed E-state index contributed by atoms with van der Waals surface area (Å²) in [6.07, 6.45) is 9.33. The van der Waals surface area contributed by atoms with Crippen molar-refractivity contribution in [1.82, 2.24) is 20.1 Å². The molecule has 0 amide bonds. The van der Waals surface area contributed by atoms with Gasteiger partial charge in [-0.05, 0) is 6.42 Å². The second-order valence-electron chi connectivity index (χ2n) is 4.73. The molecule has 0 aliphatic heterocycles. The first-order valence-electron chi connectivity index (χ1n) is 7.10. The lowest BCUT2D eigenvalue weighted by atomic mass is 10.1. The van der Waals surface area contributed by atoms with Crippen molar-refractivity contribution in [2.75, 3.05) is 6.54 Å². The predicted molar refractivity (Wildman–Crippen MR) is 77.7 cm³/mol. The molecule has 3 N–H and O–H groups in total. The van der Waals surface area contributed by atoms with E-state index in [1.807, 2.05) is 7.05 Å². The molecule has 0 saturated carbocycles. The van der Waals surface area contributed by atoms with E-state index in [4.69, 9.17) is 5.73 Å². The van der Waals surface area contributed by atoms with Crippen LogP contribution in [0.2, 0.25) is 0 Å². The SMILES string of the molecule is CCCCCCCCNC(N)=NCc1ncn(C)n1. The Bertz CT molecular complexity index is 371. The van der Waals surface area contributed by atoms with E-state index in [2.05, 4.69) is 27.3 Å². The summed E-state index contributed by atoms with van der Waals surface area (Å²) in [6, 6.07) is 0. The summed E-state index contributed by atoms with van der Waals surface area (Å²) in [4.78, 5) is 8.29. The van der Waals surface area contributed by atoms with Crippen LogP contribution in [0.25, 0.3) is 0 Å². The lowest BCUT2D eigenvalue weighted by molar-refractivity contribution is 0.601. The Kier molecular flexibility index (Phi) is 7.62. The molecule has 108 valence electrons. The van der Waals surface area contributed by atoms with E-state index in [1.54, 1.807) is 11.0 Å². The molecule has 19 heavy (non-hydrogen) atoms. The maximum atomic E-state index is 5.77. The van der Waals surface area contributed by atoms with Crippen LogP contribution < -0.4 is 11.1 Å². The number of aromatic nitrogens is 3. The fourth-order valence-electron chi connectivity index (χ4n) is 1.79. The zero-order chi connectivity index (χ0) is 13.9. The van der Waals surface area contributed by atoms with E-state index in [9.17, 15) is 0 Å². The van der Waals surface area contributed by atoms with Crippen molar-refractivity contribution in [2.24, 2.45) is 17.8 Å². The zero-order valence-electron chi connectivity index (χ0n) is 12.1. The average Bonchev–Trinajstić information content (AvgIpc) is 2.81. The van der Waals surface area contributed by atoms with Gasteiger partial charge in [0.15, 0.2) is 11.8 Å². The largest absolute Gasteiger partial charge is 0.370 e. The molecule has 1 aromatic rings. The molecule has 0 aromatic carbocycles. The van der Waals surface area contributed by atoms with Crippen molar-refractivity contribution in [3.05, 3.63) is 12.2 Å². The van der Waals surface area contributed by atoms with Crippen LogP contribution in [0.15, 0.2) is 11.3 Å². The molecule has 0 aliphatic rings. The maximum absolute atomic E-state index is 5.77. The van der Waals surface area contributed by atoms with E-state index >= 15 is 0 Å². The third kappa shape index (κ3) is 7.43. The van der Waals surface area contributed by atoms with Gasteiger partial charge in [0.05, 0.1) is 0 Å². The number of guanidine groups is 1. The minimum atomic E-state index is 0.427. The fourth-order valence-corrected chi connectivity index (χ4v) is 1.79. The number of nitrogens with two attached hydrogens (primary N) is 1. The minimum Gasteiger partial charge on any atom is -0.370 e. The molecule has 0 radical (unpaired) electrons. The number of aliphatic imine (C=N–C) groups is 1. The summed E-state index contributed by atoms with van der Waals surface area (Å²) in [5.41, 5.74) is 5.77. The van der Waals surface area contributed by atoms with Crippen LogP contribution in [0.3, 0.4) is 0 Å². The number of hydrogen-bond acceptors (Lipinski definition) is 3. The van der Waals surface area contributed by atoms with Crippen LogP contribution in [0.1, 0.15) is 51.3 Å². The molecule has 0 fully saturated rings. The Morgan fingerprint density at radius 1 is 1.32 bits per heavy atom. The molecule has 0 spiro atoms. The second kappa shape index (κ2) is 9.35. The predicted octanol–water partition coefficient (Wildman–Crippen LogP) is 1.58. The lowest BCUT2D eigenvalue weighted by Gasteiger charge is -2.04. The third-order valence-corrected chi connectivity index (χ3v) is 2.87. The number of unbranched alkanes of at least 4 members (excludes halogenated alkanes) is 5. The van der Waals surface area contributed by atoms with Crippen LogP contribution in [0, 0.1) is 0 Å². The molecule has 0 saturated heterocycles. The van der Waals surface area contributed by atoms with E-state index in [-0.39, 0.29) is 0 Å². The smallest absolute Gasteiger partial charge is 0.189 e. The van der Waals surface area contributed by atoms with Crippen molar-refractivity contribution < 1.29 is 0 Å². The molecular formula is C13H26N6. The van der Waals surface area contributed by atoms with Crippen molar-refractivity contribution in [3.8, 4) is 0 Å². The highest BCUT2D eigenvalue weighted by Crippen LogP contribution is 2.03. The number of rotatable bonds is 9. The van der Waals surface area contributed by atoms with Gasteiger partial charge in [0, 0.05) is 13.6 Å². The van der Waals surface area contributed by atoms with Gasteiger partial charge < -0.3 is 11.1 Å². The van der Waals surface area contributed by atoms with Crippen LogP contribution >= 0.6 is 0 Å². The quantitative estimate of drug-likeness (QED) is 0.404. The highest BCUT2D eigenvalue weighted by Gasteiger charge is 1.97. The van der Waals surface area contributed by atoms with Crippen molar-refractivity contribution in [1.29, 1.82) is 0 Å². The zero-order valence-corrected chi connectivity index (χ0v) is 12.1. The summed E-state index contributed by atoms with van der Waals surface area (Å²) in [5.74, 6) is 1.16. The Hall–Kier alpha value is -1.59. The standard InChI is InChI=1S/C13H26N6/c1-3-4-5-6-7-8-9-15-13(14)16-10-12-17-11-19(2)18-12/h11H,3-10H2,1-2H3,(H3,14,15,16). The van der Waals surface area contributed by atoms with E-state index < -0.39 is 0 Å². The highest BCUT2D eigenvalue weighted by atomic mass is 15.3. The molecule has 6 nitrogen and oxygen atoms in total. The molecule has 0 bridgehead atoms. The molecule has 0 unspecified atom stereocenters. The lowest BCUT2D eigenvalue weighted by Crippen LogP contribution is -2.32. The maximum Gasteiger partial charge on any atom is 0.189 e. The average molecular weight is 266 g/mol. The van der Waals surface area contributed by atoms with E-state index in [0.717, 1.165) is 13.0 Å². The van der Waals surface area contributed by atoms with E-state index in [0.29, 0.717) is 18.3 Å². The second-order valence-corrected chi connectivity index (χ2v) is 4.73. The first-order chi connectivity index (χ1) is 9.22. The summed E-state index contributed by atoms with van der Waals surface area (Å²) in [6.45, 7) is 3.54. The van der Waals surface area contributed by atoms with Crippen molar-refractivity contribution in [3.63, 3.8) is 0 Å². The first-order valence-corrected chi connectivity index (χ1v) is 7.10. The topological polar surface area (TPSA) is 81.1 Å². The van der Waals surface area contributed by atoms with Gasteiger partial charge in [-0.2, -0.15) is 5.10 Å². The molecule has 0 atom stereocenters. The molecule has 6 heteroatoms. The molecule has 1 aromatic heterocycles. The van der Waals surface area contributed by atoms with Crippen LogP contribution in [-0.4, -0.2) is 27.3 Å². The number of hydrogen-bond donors (Lipinski definition) is 2. The van der Waals surface area contributed by atoms with Gasteiger partial charge in [-0.25, -0.2) is 9.98 Å². The number of nitrogens with one attached hydrogen (secondary N) is 1. The summed E-state index contributed by atoms with van der Waals surface area (Å²) < 4.78 is 1.66. The summed E-state index contributed by atoms with van der Waals surface area (Å²) >= 11 is 0. The van der Waals surface area contributed by atoms with Crippen LogP contribution in [-0.2, 0) is 13.6 Å². The van der Waals surface area contributed by atoms with Gasteiger partial charge in [-0.3, -0.25) is 4.68 Å². The first kappa shape index (κ1) is 15.5. The van der Waals surface area contributed by atoms with Gasteiger partial charge in [-0.1, -0.05) is 39.0 Å². The Morgan fingerprint density at radius 2 is 2.05 bits per heavy atom. The summed E-state index contributed by atoms with van der Waals surface area (Å²) in [5, 5.41) is 7.25. The molecule has 1 rings (SSSR count). The number of aryl methyl sites for hydroxylation is 1. The van der Waals surface area contributed by atoms with Crippen molar-refractivity contribution in [2.45, 2.75) is 52.0 Å². The summed E-state index contributed by atoms with van der Waals surface area (Å²) in [7, 11) is 1.83. The molecule has 0 aliphatic carbocycles. The van der Waals surface area contributed by atoms with Gasteiger partial charge >= 0.3 is 0 Å². The minimum absolute atomic E-state index is 0.427. The van der Waals surface area contributed by atoms with Crippen LogP contribution in [0.4, 0.5) is 0 Å². The van der Waals surface area contributed by atoms with Gasteiger partial charge in [0.1, 0.15) is 12.9 Å². The van der Waals surface area contributed by atoms with Crippen molar-refractivity contribution >= 4 is 5.96 Å². The van der Waals surface area contributed by atoms with Gasteiger partial charge in [-0.15, -0.1) is 0 Å². The highest BCUT2D eigenvalue weighted by molar-refractivity contribution is 5.77. The molecule has 1 heterocycles. The Balaban J connectivity index is 2.05. The normalized spacial score (nSPS) is 11.8.